The van der Waals surface area contributed by atoms with E-state index in [1.54, 1.807) is 0 Å². The number of benzene rings is 1. The van der Waals surface area contributed by atoms with Crippen LogP contribution < -0.4 is 0 Å². The van der Waals surface area contributed by atoms with Gasteiger partial charge in [-0.1, -0.05) is 11.6 Å². The van der Waals surface area contributed by atoms with E-state index in [2.05, 4.69) is 17.1 Å². The Bertz CT molecular complexity index is 594. The van der Waals surface area contributed by atoms with Crippen LogP contribution in [0.15, 0.2) is 24.4 Å². The molecule has 2 aromatic rings. The van der Waals surface area contributed by atoms with E-state index < -0.39 is 0 Å². The molecule has 1 saturated heterocycles. The van der Waals surface area contributed by atoms with E-state index in [1.807, 2.05) is 19.2 Å². The second-order valence-electron chi connectivity index (χ2n) is 5.35. The van der Waals surface area contributed by atoms with Crippen molar-refractivity contribution in [1.82, 2.24) is 4.98 Å². The second kappa shape index (κ2) is 5.17. The lowest BCUT2D eigenvalue weighted by atomic mass is 10.0. The van der Waals surface area contributed by atoms with Crippen molar-refractivity contribution in [1.29, 1.82) is 0 Å². The molecule has 1 aliphatic heterocycles. The van der Waals surface area contributed by atoms with Gasteiger partial charge in [0.25, 0.3) is 0 Å². The number of carbonyl (C=O) groups excluding carboxylic acids is 1. The molecule has 3 heteroatoms. The first kappa shape index (κ1) is 12.4. The van der Waals surface area contributed by atoms with Crippen LogP contribution in [0.2, 0.25) is 0 Å². The van der Waals surface area contributed by atoms with Crippen LogP contribution in [-0.2, 0) is 4.74 Å². The van der Waals surface area contributed by atoms with E-state index in [-0.39, 0.29) is 11.9 Å². The Kier molecular flexibility index (Phi) is 3.38. The van der Waals surface area contributed by atoms with Crippen molar-refractivity contribution in [3.05, 3.63) is 35.5 Å². The smallest absolute Gasteiger partial charge is 0.165 e. The quantitative estimate of drug-likeness (QED) is 0.850. The second-order valence-corrected chi connectivity index (χ2v) is 5.35. The minimum absolute atomic E-state index is 0.215. The minimum atomic E-state index is 0.215. The van der Waals surface area contributed by atoms with Crippen molar-refractivity contribution < 1.29 is 9.53 Å². The first-order valence-corrected chi connectivity index (χ1v) is 6.96. The highest BCUT2D eigenvalue weighted by atomic mass is 16.5. The van der Waals surface area contributed by atoms with Gasteiger partial charge in [0.05, 0.1) is 6.10 Å². The molecular formula is C16H19NO2. The number of carbonyl (C=O) groups is 1. The summed E-state index contributed by atoms with van der Waals surface area (Å²) in [6.45, 7) is 2.90. The third-order valence-electron chi connectivity index (χ3n) is 3.86. The number of aromatic amines is 1. The fourth-order valence-electron chi connectivity index (χ4n) is 2.76. The average molecular weight is 257 g/mol. The molecule has 3 rings (SSSR count). The molecule has 0 aliphatic carbocycles. The number of hydrogen-bond donors (Lipinski definition) is 1. The Hall–Kier alpha value is -1.61. The largest absolute Gasteiger partial charge is 0.378 e. The van der Waals surface area contributed by atoms with Gasteiger partial charge >= 0.3 is 0 Å². The standard InChI is InChI=1S/C16H19NO2/c1-11-4-6-15-13(9-11)14(10-17-15)16(18)7-5-12-3-2-8-19-12/h4,6,9-10,12,17H,2-3,5,7-8H2,1H3. The molecule has 19 heavy (non-hydrogen) atoms. The van der Waals surface area contributed by atoms with E-state index in [1.165, 1.54) is 5.56 Å². The molecule has 1 fully saturated rings. The van der Waals surface area contributed by atoms with Gasteiger partial charge in [0.2, 0.25) is 0 Å². The zero-order valence-electron chi connectivity index (χ0n) is 11.2. The first-order valence-electron chi connectivity index (χ1n) is 6.96. The maximum atomic E-state index is 12.3. The van der Waals surface area contributed by atoms with Crippen LogP contribution in [0.4, 0.5) is 0 Å². The Morgan fingerprint density at radius 3 is 3.16 bits per heavy atom. The fraction of sp³-hybridized carbons (Fsp3) is 0.438. The predicted octanol–water partition coefficient (Wildman–Crippen LogP) is 3.62. The number of aromatic nitrogens is 1. The number of H-pyrrole nitrogens is 1. The van der Waals surface area contributed by atoms with Crippen molar-refractivity contribution in [2.45, 2.75) is 38.7 Å². The SMILES string of the molecule is Cc1ccc2[nH]cc(C(=O)CCC3CCCO3)c2c1. The van der Waals surface area contributed by atoms with Gasteiger partial charge in [-0.25, -0.2) is 0 Å². The molecule has 1 atom stereocenters. The molecule has 0 amide bonds. The summed E-state index contributed by atoms with van der Waals surface area (Å²) in [5.41, 5.74) is 3.03. The van der Waals surface area contributed by atoms with Crippen molar-refractivity contribution in [2.24, 2.45) is 0 Å². The van der Waals surface area contributed by atoms with Gasteiger partial charge in [0.15, 0.2) is 5.78 Å². The Labute approximate surface area is 113 Å². The number of hydrogen-bond acceptors (Lipinski definition) is 2. The van der Waals surface area contributed by atoms with Crippen LogP contribution in [0.25, 0.3) is 10.9 Å². The van der Waals surface area contributed by atoms with Gasteiger partial charge in [0.1, 0.15) is 0 Å². The van der Waals surface area contributed by atoms with E-state index >= 15 is 0 Å². The molecule has 1 aliphatic rings. The minimum Gasteiger partial charge on any atom is -0.378 e. The molecule has 1 unspecified atom stereocenters. The normalized spacial score (nSPS) is 19.1. The summed E-state index contributed by atoms with van der Waals surface area (Å²) in [5.74, 6) is 0.215. The van der Waals surface area contributed by atoms with Gasteiger partial charge in [-0.15, -0.1) is 0 Å². The average Bonchev–Trinajstić information content (AvgIpc) is 3.04. The molecule has 1 N–H and O–H groups in total. The summed E-state index contributed by atoms with van der Waals surface area (Å²) in [5, 5.41) is 1.04. The van der Waals surface area contributed by atoms with Crippen molar-refractivity contribution in [3.63, 3.8) is 0 Å². The lowest BCUT2D eigenvalue weighted by molar-refractivity contribution is 0.0860. The summed E-state index contributed by atoms with van der Waals surface area (Å²) < 4.78 is 5.57. The Morgan fingerprint density at radius 2 is 2.37 bits per heavy atom. The lowest BCUT2D eigenvalue weighted by Gasteiger charge is -2.07. The molecule has 2 heterocycles. The summed E-state index contributed by atoms with van der Waals surface area (Å²) in [4.78, 5) is 15.5. The number of fused-ring (bicyclic) bond motifs is 1. The molecule has 1 aromatic heterocycles. The number of aryl methyl sites for hydroxylation is 1. The molecule has 1 aromatic carbocycles. The van der Waals surface area contributed by atoms with E-state index in [0.29, 0.717) is 6.42 Å². The number of ether oxygens (including phenoxy) is 1. The summed E-state index contributed by atoms with van der Waals surface area (Å²) in [6.07, 6.45) is 5.77. The van der Waals surface area contributed by atoms with Crippen molar-refractivity contribution in [2.75, 3.05) is 6.61 Å². The van der Waals surface area contributed by atoms with Crippen molar-refractivity contribution in [3.8, 4) is 0 Å². The zero-order chi connectivity index (χ0) is 13.2. The van der Waals surface area contributed by atoms with Crippen LogP contribution in [0.3, 0.4) is 0 Å². The highest BCUT2D eigenvalue weighted by molar-refractivity contribution is 6.07. The molecule has 100 valence electrons. The van der Waals surface area contributed by atoms with E-state index in [9.17, 15) is 4.79 Å². The topological polar surface area (TPSA) is 42.1 Å². The molecule has 0 spiro atoms. The molecule has 0 saturated carbocycles. The highest BCUT2D eigenvalue weighted by Crippen LogP contribution is 2.23. The fourth-order valence-corrected chi connectivity index (χ4v) is 2.76. The van der Waals surface area contributed by atoms with Crippen LogP contribution >= 0.6 is 0 Å². The third kappa shape index (κ3) is 2.56. The highest BCUT2D eigenvalue weighted by Gasteiger charge is 2.18. The predicted molar refractivity (Wildman–Crippen MR) is 75.6 cm³/mol. The van der Waals surface area contributed by atoms with Gasteiger partial charge in [0, 0.05) is 35.7 Å². The number of ketones is 1. The van der Waals surface area contributed by atoms with Gasteiger partial charge < -0.3 is 9.72 Å². The monoisotopic (exact) mass is 257 g/mol. The maximum absolute atomic E-state index is 12.3. The van der Waals surface area contributed by atoms with Crippen LogP contribution in [0.1, 0.15) is 41.6 Å². The van der Waals surface area contributed by atoms with E-state index in [0.717, 1.165) is 42.3 Å². The lowest BCUT2D eigenvalue weighted by Crippen LogP contribution is -2.08. The van der Waals surface area contributed by atoms with Crippen LogP contribution in [0, 0.1) is 6.92 Å². The number of nitrogens with one attached hydrogen (secondary N) is 1. The number of rotatable bonds is 4. The summed E-state index contributed by atoms with van der Waals surface area (Å²) in [7, 11) is 0. The molecule has 0 radical (unpaired) electrons. The molecule has 3 nitrogen and oxygen atoms in total. The van der Waals surface area contributed by atoms with Gasteiger partial charge in [-0.05, 0) is 38.3 Å². The summed E-state index contributed by atoms with van der Waals surface area (Å²) in [6, 6.07) is 6.16. The molecule has 0 bridgehead atoms. The maximum Gasteiger partial charge on any atom is 0.165 e. The van der Waals surface area contributed by atoms with Gasteiger partial charge in [-0.2, -0.15) is 0 Å². The van der Waals surface area contributed by atoms with E-state index in [4.69, 9.17) is 4.74 Å². The van der Waals surface area contributed by atoms with Crippen LogP contribution in [-0.4, -0.2) is 23.5 Å². The summed E-state index contributed by atoms with van der Waals surface area (Å²) >= 11 is 0. The number of Topliss-reactive ketones (excluding diaryl/α,β-unsaturated/α-hetero) is 1. The Balaban J connectivity index is 1.75. The zero-order valence-corrected chi connectivity index (χ0v) is 11.2. The van der Waals surface area contributed by atoms with Crippen LogP contribution in [0.5, 0.6) is 0 Å². The van der Waals surface area contributed by atoms with Gasteiger partial charge in [-0.3, -0.25) is 4.79 Å². The third-order valence-corrected chi connectivity index (χ3v) is 3.86. The Morgan fingerprint density at radius 1 is 1.47 bits per heavy atom. The first-order chi connectivity index (χ1) is 9.24. The van der Waals surface area contributed by atoms with Crippen molar-refractivity contribution >= 4 is 16.7 Å². The molecular weight excluding hydrogens is 238 g/mol.